The molecule has 1 aliphatic rings. The van der Waals surface area contributed by atoms with Crippen LogP contribution < -0.4 is 10.2 Å². The van der Waals surface area contributed by atoms with Gasteiger partial charge in [0.2, 0.25) is 5.91 Å². The number of nitrogens with one attached hydrogen (secondary N) is 1. The van der Waals surface area contributed by atoms with Crippen LogP contribution in [0.15, 0.2) is 48.7 Å². The Kier molecular flexibility index (Phi) is 5.24. The van der Waals surface area contributed by atoms with E-state index in [2.05, 4.69) is 21.3 Å². The molecule has 3 aromatic rings. The number of benzene rings is 2. The van der Waals surface area contributed by atoms with Gasteiger partial charge in [-0.1, -0.05) is 23.7 Å². The summed E-state index contributed by atoms with van der Waals surface area (Å²) < 4.78 is 0. The first kappa shape index (κ1) is 19.0. The van der Waals surface area contributed by atoms with Gasteiger partial charge in [0.1, 0.15) is 11.8 Å². The van der Waals surface area contributed by atoms with Gasteiger partial charge in [0.15, 0.2) is 0 Å². The average Bonchev–Trinajstić information content (AvgIpc) is 2.74. The number of anilines is 2. The molecule has 0 radical (unpaired) electrons. The van der Waals surface area contributed by atoms with Gasteiger partial charge in [0.25, 0.3) is 0 Å². The molecule has 29 heavy (non-hydrogen) atoms. The number of carbonyl (C=O) groups excluding carboxylic acids is 1. The van der Waals surface area contributed by atoms with Gasteiger partial charge >= 0.3 is 0 Å². The van der Waals surface area contributed by atoms with Gasteiger partial charge < -0.3 is 15.3 Å². The number of halogens is 1. The number of phenols is 1. The number of hydrogen-bond donors (Lipinski definition) is 2. The third-order valence-electron chi connectivity index (χ3n) is 5.27. The molecule has 0 bridgehead atoms. The molecule has 0 unspecified atom stereocenters. The van der Waals surface area contributed by atoms with Crippen molar-refractivity contribution in [1.82, 2.24) is 4.98 Å². The second kappa shape index (κ2) is 7.98. The largest absolute Gasteiger partial charge is 0.506 e. The van der Waals surface area contributed by atoms with Crippen LogP contribution in [0.2, 0.25) is 5.02 Å². The van der Waals surface area contributed by atoms with E-state index in [1.807, 2.05) is 12.1 Å². The number of pyridine rings is 1. The number of phenolic OH excluding ortho intramolecular Hbond substituents is 1. The lowest BCUT2D eigenvalue weighted by molar-refractivity contribution is -0.120. The molecule has 0 atom stereocenters. The van der Waals surface area contributed by atoms with Crippen molar-refractivity contribution in [2.24, 2.45) is 5.92 Å². The Morgan fingerprint density at radius 1 is 1.24 bits per heavy atom. The van der Waals surface area contributed by atoms with E-state index in [0.717, 1.165) is 16.6 Å². The van der Waals surface area contributed by atoms with Crippen LogP contribution in [0.3, 0.4) is 0 Å². The topological polar surface area (TPSA) is 89.2 Å². The molecule has 2 N–H and O–H groups in total. The lowest BCUT2D eigenvalue weighted by Crippen LogP contribution is -2.38. The maximum Gasteiger partial charge on any atom is 0.227 e. The minimum atomic E-state index is -0.159. The van der Waals surface area contributed by atoms with Gasteiger partial charge in [-0.2, -0.15) is 5.26 Å². The molecule has 6 nitrogen and oxygen atoms in total. The molecule has 1 fully saturated rings. The van der Waals surface area contributed by atoms with E-state index in [4.69, 9.17) is 11.6 Å². The first-order valence-electron chi connectivity index (χ1n) is 9.39. The quantitative estimate of drug-likeness (QED) is 0.632. The van der Waals surface area contributed by atoms with Crippen LogP contribution in [-0.2, 0) is 4.79 Å². The van der Waals surface area contributed by atoms with Gasteiger partial charge in [-0.25, -0.2) is 0 Å². The fraction of sp³-hybridized carbons (Fsp3) is 0.227. The summed E-state index contributed by atoms with van der Waals surface area (Å²) in [6.45, 7) is 1.28. The predicted molar refractivity (Wildman–Crippen MR) is 113 cm³/mol. The zero-order chi connectivity index (χ0) is 20.4. The van der Waals surface area contributed by atoms with Crippen molar-refractivity contribution in [2.75, 3.05) is 23.3 Å². The molecular formula is C22H19ClN4O2. The minimum Gasteiger partial charge on any atom is -0.506 e. The third-order valence-corrected chi connectivity index (χ3v) is 5.50. The van der Waals surface area contributed by atoms with E-state index in [1.54, 1.807) is 36.5 Å². The van der Waals surface area contributed by atoms with E-state index in [1.165, 1.54) is 0 Å². The Balaban J connectivity index is 1.53. The highest BCUT2D eigenvalue weighted by Gasteiger charge is 2.27. The molecule has 1 aromatic heterocycles. The third kappa shape index (κ3) is 3.82. The molecular weight excluding hydrogens is 388 g/mol. The van der Waals surface area contributed by atoms with Crippen molar-refractivity contribution < 1.29 is 9.90 Å². The van der Waals surface area contributed by atoms with Crippen molar-refractivity contribution in [3.8, 4) is 11.8 Å². The zero-order valence-electron chi connectivity index (χ0n) is 15.6. The van der Waals surface area contributed by atoms with Crippen LogP contribution in [0.4, 0.5) is 11.4 Å². The number of rotatable bonds is 3. The number of nitriles is 1. The summed E-state index contributed by atoms with van der Waals surface area (Å²) in [6.07, 6.45) is 2.88. The first-order chi connectivity index (χ1) is 14.1. The standard InChI is InChI=1S/C22H19ClN4O2/c23-16-5-6-18-17(11-16)21(15(12-24)13-25-18)27-9-7-14(8-10-27)22(29)26-19-3-1-2-4-20(19)28/h1-6,11,13-14,28H,7-10H2,(H,26,29). The van der Waals surface area contributed by atoms with Gasteiger partial charge in [-0.05, 0) is 43.2 Å². The number of aromatic nitrogens is 1. The van der Waals surface area contributed by atoms with Crippen LogP contribution in [0.5, 0.6) is 5.75 Å². The van der Waals surface area contributed by atoms with E-state index < -0.39 is 0 Å². The second-order valence-electron chi connectivity index (χ2n) is 7.06. The maximum absolute atomic E-state index is 12.6. The average molecular weight is 407 g/mol. The molecule has 2 heterocycles. The smallest absolute Gasteiger partial charge is 0.227 e. The Hall–Kier alpha value is -3.30. The van der Waals surface area contributed by atoms with Gasteiger partial charge in [0, 0.05) is 35.6 Å². The van der Waals surface area contributed by atoms with Crippen molar-refractivity contribution in [3.63, 3.8) is 0 Å². The van der Waals surface area contributed by atoms with Crippen LogP contribution in [0.25, 0.3) is 10.9 Å². The maximum atomic E-state index is 12.6. The number of para-hydroxylation sites is 2. The van der Waals surface area contributed by atoms with E-state index in [9.17, 15) is 15.2 Å². The summed E-state index contributed by atoms with van der Waals surface area (Å²) in [6, 6.07) is 14.4. The lowest BCUT2D eigenvalue weighted by atomic mass is 9.94. The number of piperidine rings is 1. The summed E-state index contributed by atoms with van der Waals surface area (Å²) in [5.74, 6) is -0.209. The number of nitrogens with zero attached hydrogens (tertiary/aromatic N) is 3. The first-order valence-corrected chi connectivity index (χ1v) is 9.77. The van der Waals surface area contributed by atoms with Crippen molar-refractivity contribution in [3.05, 3.63) is 59.2 Å². The molecule has 1 aliphatic heterocycles. The van der Waals surface area contributed by atoms with Gasteiger partial charge in [-0.3, -0.25) is 9.78 Å². The summed E-state index contributed by atoms with van der Waals surface area (Å²) in [4.78, 5) is 19.1. The Labute approximate surface area is 173 Å². The Bertz CT molecular complexity index is 1120. The van der Waals surface area contributed by atoms with Crippen LogP contribution in [-0.4, -0.2) is 29.1 Å². The monoisotopic (exact) mass is 406 g/mol. The van der Waals surface area contributed by atoms with Crippen molar-refractivity contribution >= 4 is 39.8 Å². The Morgan fingerprint density at radius 3 is 2.72 bits per heavy atom. The highest BCUT2D eigenvalue weighted by Crippen LogP contribution is 2.34. The number of carbonyl (C=O) groups is 1. The number of aromatic hydroxyl groups is 1. The Morgan fingerprint density at radius 2 is 2.00 bits per heavy atom. The molecule has 7 heteroatoms. The summed E-state index contributed by atoms with van der Waals surface area (Å²) in [7, 11) is 0. The van der Waals surface area contributed by atoms with E-state index in [0.29, 0.717) is 42.2 Å². The summed E-state index contributed by atoms with van der Waals surface area (Å²) in [5, 5.41) is 23.7. The number of hydrogen-bond acceptors (Lipinski definition) is 5. The van der Waals surface area contributed by atoms with Crippen LogP contribution in [0.1, 0.15) is 18.4 Å². The number of amides is 1. The van der Waals surface area contributed by atoms with Gasteiger partial charge in [-0.15, -0.1) is 0 Å². The summed E-state index contributed by atoms with van der Waals surface area (Å²) >= 11 is 6.18. The van der Waals surface area contributed by atoms with Crippen LogP contribution >= 0.6 is 11.6 Å². The molecule has 0 saturated carbocycles. The molecule has 146 valence electrons. The molecule has 4 rings (SSSR count). The molecule has 1 saturated heterocycles. The van der Waals surface area contributed by atoms with Crippen molar-refractivity contribution in [1.29, 1.82) is 5.26 Å². The predicted octanol–water partition coefficient (Wildman–Crippen LogP) is 4.32. The fourth-order valence-electron chi connectivity index (χ4n) is 3.75. The highest BCUT2D eigenvalue weighted by atomic mass is 35.5. The van der Waals surface area contributed by atoms with Gasteiger partial charge in [0.05, 0.1) is 22.5 Å². The second-order valence-corrected chi connectivity index (χ2v) is 7.50. The highest BCUT2D eigenvalue weighted by molar-refractivity contribution is 6.31. The molecule has 0 spiro atoms. The zero-order valence-corrected chi connectivity index (χ0v) is 16.4. The number of fused-ring (bicyclic) bond motifs is 1. The fourth-order valence-corrected chi connectivity index (χ4v) is 3.92. The molecule has 2 aromatic carbocycles. The minimum absolute atomic E-state index is 0.0529. The van der Waals surface area contributed by atoms with E-state index in [-0.39, 0.29) is 17.6 Å². The van der Waals surface area contributed by atoms with Crippen molar-refractivity contribution in [2.45, 2.75) is 12.8 Å². The molecule has 1 amide bonds. The van der Waals surface area contributed by atoms with E-state index >= 15 is 0 Å². The SMILES string of the molecule is N#Cc1cnc2ccc(Cl)cc2c1N1CCC(C(=O)Nc2ccccc2O)CC1. The molecule has 0 aliphatic carbocycles. The normalized spacial score (nSPS) is 14.6. The summed E-state index contributed by atoms with van der Waals surface area (Å²) in [5.41, 5.74) is 2.51. The lowest BCUT2D eigenvalue weighted by Gasteiger charge is -2.34. The van der Waals surface area contributed by atoms with Crippen LogP contribution in [0, 0.1) is 17.2 Å².